The van der Waals surface area contributed by atoms with Crippen LogP contribution in [0.4, 0.5) is 5.69 Å². The van der Waals surface area contributed by atoms with Crippen molar-refractivity contribution in [2.24, 2.45) is 0 Å². The molecule has 25 heavy (non-hydrogen) atoms. The van der Waals surface area contributed by atoms with Crippen LogP contribution in [0.2, 0.25) is 0 Å². The third-order valence-corrected chi connectivity index (χ3v) is 5.03. The Hall–Kier alpha value is -2.86. The summed E-state index contributed by atoms with van der Waals surface area (Å²) in [5.74, 6) is 0.418. The van der Waals surface area contributed by atoms with Crippen LogP contribution in [-0.2, 0) is 9.84 Å². The first kappa shape index (κ1) is 17.0. The molecule has 0 aliphatic heterocycles. The number of methoxy groups -OCH3 is 1. The monoisotopic (exact) mass is 355 g/mol. The quantitative estimate of drug-likeness (QED) is 0.777. The molecule has 0 saturated heterocycles. The maximum atomic E-state index is 12.5. The number of fused-ring (bicyclic) bond motifs is 1. The zero-order chi connectivity index (χ0) is 18.0. The van der Waals surface area contributed by atoms with E-state index in [1.807, 2.05) is 24.3 Å². The highest BCUT2D eigenvalue weighted by atomic mass is 32.2. The van der Waals surface area contributed by atoms with Gasteiger partial charge in [-0.1, -0.05) is 24.3 Å². The molecule has 6 heteroatoms. The summed E-state index contributed by atoms with van der Waals surface area (Å²) < 4.78 is 28.3. The van der Waals surface area contributed by atoms with Gasteiger partial charge in [-0.15, -0.1) is 0 Å². The van der Waals surface area contributed by atoms with Crippen LogP contribution in [0.3, 0.4) is 0 Å². The van der Waals surface area contributed by atoms with Gasteiger partial charge < -0.3 is 10.1 Å². The minimum atomic E-state index is -3.29. The van der Waals surface area contributed by atoms with E-state index in [0.717, 1.165) is 22.8 Å². The molecule has 0 unspecified atom stereocenters. The topological polar surface area (TPSA) is 72.5 Å². The first-order valence-electron chi connectivity index (χ1n) is 7.57. The predicted molar refractivity (Wildman–Crippen MR) is 98.0 cm³/mol. The van der Waals surface area contributed by atoms with E-state index in [1.54, 1.807) is 19.2 Å². The second-order valence-electron chi connectivity index (χ2n) is 5.61. The Morgan fingerprint density at radius 3 is 2.16 bits per heavy atom. The van der Waals surface area contributed by atoms with Crippen LogP contribution < -0.4 is 10.1 Å². The average molecular weight is 355 g/mol. The molecular formula is C19H17NO4S. The highest BCUT2D eigenvalue weighted by Gasteiger charge is 2.12. The van der Waals surface area contributed by atoms with E-state index in [1.165, 1.54) is 24.3 Å². The van der Waals surface area contributed by atoms with E-state index >= 15 is 0 Å². The van der Waals surface area contributed by atoms with Gasteiger partial charge in [0.05, 0.1) is 12.0 Å². The number of nitrogens with one attached hydrogen (secondary N) is 1. The van der Waals surface area contributed by atoms with Gasteiger partial charge in [0, 0.05) is 28.3 Å². The molecule has 5 nitrogen and oxygen atoms in total. The predicted octanol–water partition coefficient (Wildman–Crippen LogP) is 3.50. The smallest absolute Gasteiger partial charge is 0.255 e. The normalized spacial score (nSPS) is 11.3. The van der Waals surface area contributed by atoms with Crippen molar-refractivity contribution in [3.05, 3.63) is 66.2 Å². The van der Waals surface area contributed by atoms with Crippen LogP contribution in [0.15, 0.2) is 65.6 Å². The van der Waals surface area contributed by atoms with Crippen LogP contribution in [0.25, 0.3) is 10.8 Å². The SMILES string of the molecule is COc1ccc(NC(=O)c2ccc(S(C)(=O)=O)cc2)c2ccccc12. The Morgan fingerprint density at radius 1 is 0.920 bits per heavy atom. The average Bonchev–Trinajstić information content (AvgIpc) is 2.61. The number of hydrogen-bond donors (Lipinski definition) is 1. The molecular weight excluding hydrogens is 338 g/mol. The van der Waals surface area contributed by atoms with Gasteiger partial charge in [-0.25, -0.2) is 8.42 Å². The minimum absolute atomic E-state index is 0.180. The maximum absolute atomic E-state index is 12.5. The fourth-order valence-corrected chi connectivity index (χ4v) is 3.24. The van der Waals surface area contributed by atoms with Gasteiger partial charge in [-0.05, 0) is 36.4 Å². The van der Waals surface area contributed by atoms with Crippen LogP contribution in [0.5, 0.6) is 5.75 Å². The van der Waals surface area contributed by atoms with Gasteiger partial charge in [0.25, 0.3) is 5.91 Å². The Kier molecular flexibility index (Phi) is 4.46. The summed E-state index contributed by atoms with van der Waals surface area (Å²) in [4.78, 5) is 12.7. The fourth-order valence-electron chi connectivity index (χ4n) is 2.61. The second kappa shape index (κ2) is 6.57. The Bertz CT molecular complexity index is 1040. The van der Waals surface area contributed by atoms with Gasteiger partial charge in [0.15, 0.2) is 9.84 Å². The molecule has 1 amide bonds. The third kappa shape index (κ3) is 3.49. The van der Waals surface area contributed by atoms with Crippen LogP contribution in [-0.4, -0.2) is 27.7 Å². The zero-order valence-corrected chi connectivity index (χ0v) is 14.6. The number of benzene rings is 3. The number of sulfone groups is 1. The summed E-state index contributed by atoms with van der Waals surface area (Å²) in [7, 11) is -1.69. The van der Waals surface area contributed by atoms with Crippen molar-refractivity contribution in [1.82, 2.24) is 0 Å². The van der Waals surface area contributed by atoms with Crippen molar-refractivity contribution >= 4 is 32.2 Å². The van der Waals surface area contributed by atoms with Crippen molar-refractivity contribution in [2.45, 2.75) is 4.90 Å². The van der Waals surface area contributed by atoms with Crippen LogP contribution in [0, 0.1) is 0 Å². The minimum Gasteiger partial charge on any atom is -0.496 e. The lowest BCUT2D eigenvalue weighted by molar-refractivity contribution is 0.102. The molecule has 0 fully saturated rings. The largest absolute Gasteiger partial charge is 0.496 e. The highest BCUT2D eigenvalue weighted by molar-refractivity contribution is 7.90. The number of hydrogen-bond acceptors (Lipinski definition) is 4. The molecule has 3 aromatic rings. The number of ether oxygens (including phenoxy) is 1. The summed E-state index contributed by atoms with van der Waals surface area (Å²) in [6.07, 6.45) is 1.13. The lowest BCUT2D eigenvalue weighted by Crippen LogP contribution is -2.12. The molecule has 128 valence electrons. The molecule has 0 aliphatic carbocycles. The second-order valence-corrected chi connectivity index (χ2v) is 7.63. The molecule has 3 aromatic carbocycles. The molecule has 0 saturated carbocycles. The summed E-state index contributed by atoms with van der Waals surface area (Å²) in [5, 5.41) is 4.63. The standard InChI is InChI=1S/C19H17NO4S/c1-24-18-12-11-17(15-5-3-4-6-16(15)18)20-19(21)13-7-9-14(10-8-13)25(2,22)23/h3-12H,1-2H3,(H,20,21). The maximum Gasteiger partial charge on any atom is 0.255 e. The van der Waals surface area contributed by atoms with Crippen molar-refractivity contribution < 1.29 is 17.9 Å². The molecule has 0 bridgehead atoms. The van der Waals surface area contributed by atoms with Crippen molar-refractivity contribution in [3.63, 3.8) is 0 Å². The van der Waals surface area contributed by atoms with Crippen LogP contribution in [0.1, 0.15) is 10.4 Å². The number of amides is 1. The molecule has 0 heterocycles. The molecule has 0 aromatic heterocycles. The molecule has 0 aliphatic rings. The number of carbonyl (C=O) groups excluding carboxylic acids is 1. The number of carbonyl (C=O) groups is 1. The lowest BCUT2D eigenvalue weighted by atomic mass is 10.1. The zero-order valence-electron chi connectivity index (χ0n) is 13.8. The van der Waals surface area contributed by atoms with Gasteiger partial charge >= 0.3 is 0 Å². The third-order valence-electron chi connectivity index (χ3n) is 3.90. The van der Waals surface area contributed by atoms with E-state index in [2.05, 4.69) is 5.32 Å². The van der Waals surface area contributed by atoms with Crippen molar-refractivity contribution in [1.29, 1.82) is 0 Å². The first-order chi connectivity index (χ1) is 11.9. The van der Waals surface area contributed by atoms with E-state index in [4.69, 9.17) is 4.74 Å². The summed E-state index contributed by atoms with van der Waals surface area (Å²) in [5.41, 5.74) is 1.04. The van der Waals surface area contributed by atoms with E-state index in [-0.39, 0.29) is 10.8 Å². The van der Waals surface area contributed by atoms with E-state index in [0.29, 0.717) is 11.3 Å². The van der Waals surface area contributed by atoms with Gasteiger partial charge in [0.1, 0.15) is 5.75 Å². The molecule has 3 rings (SSSR count). The van der Waals surface area contributed by atoms with Crippen molar-refractivity contribution in [2.75, 3.05) is 18.7 Å². The fraction of sp³-hybridized carbons (Fsp3) is 0.105. The number of rotatable bonds is 4. The summed E-state index contributed by atoms with van der Waals surface area (Å²) in [6, 6.07) is 17.0. The van der Waals surface area contributed by atoms with Crippen molar-refractivity contribution in [3.8, 4) is 5.75 Å². The lowest BCUT2D eigenvalue weighted by Gasteiger charge is -2.12. The molecule has 1 N–H and O–H groups in total. The number of anilines is 1. The first-order valence-corrected chi connectivity index (χ1v) is 9.46. The van der Waals surface area contributed by atoms with Gasteiger partial charge in [-0.2, -0.15) is 0 Å². The summed E-state index contributed by atoms with van der Waals surface area (Å²) in [6.45, 7) is 0. The van der Waals surface area contributed by atoms with Crippen LogP contribution >= 0.6 is 0 Å². The van der Waals surface area contributed by atoms with E-state index in [9.17, 15) is 13.2 Å². The molecule has 0 atom stereocenters. The Labute approximate surface area is 146 Å². The van der Waals surface area contributed by atoms with E-state index < -0.39 is 9.84 Å². The van der Waals surface area contributed by atoms with Gasteiger partial charge in [0.2, 0.25) is 0 Å². The Morgan fingerprint density at radius 2 is 1.56 bits per heavy atom. The molecule has 0 radical (unpaired) electrons. The Balaban J connectivity index is 1.92. The summed E-state index contributed by atoms with van der Waals surface area (Å²) >= 11 is 0. The highest BCUT2D eigenvalue weighted by Crippen LogP contribution is 2.31. The molecule has 0 spiro atoms. The van der Waals surface area contributed by atoms with Gasteiger partial charge in [-0.3, -0.25) is 4.79 Å².